The van der Waals surface area contributed by atoms with Crippen molar-refractivity contribution in [3.05, 3.63) is 16.6 Å². The standard InChI is InChI=1S/C16H28BrN5/c1-18-11-14(15-16(17)19-12-20(15)2)22-9-7-21(8-10-22)13-5-3-4-6-13/h12-14,18H,3-11H2,1-2H3. The monoisotopic (exact) mass is 369 g/mol. The molecule has 2 fully saturated rings. The molecule has 1 aromatic rings. The lowest BCUT2D eigenvalue weighted by Gasteiger charge is -2.41. The molecule has 0 aromatic carbocycles. The predicted octanol–water partition coefficient (Wildman–Crippen LogP) is 2.00. The van der Waals surface area contributed by atoms with Crippen molar-refractivity contribution < 1.29 is 0 Å². The number of hydrogen-bond donors (Lipinski definition) is 1. The Bertz CT molecular complexity index is 455. The van der Waals surface area contributed by atoms with E-state index in [0.717, 1.165) is 30.3 Å². The second kappa shape index (κ2) is 7.43. The Labute approximate surface area is 142 Å². The zero-order valence-electron chi connectivity index (χ0n) is 13.8. The van der Waals surface area contributed by atoms with Crippen LogP contribution in [-0.2, 0) is 7.05 Å². The number of aryl methyl sites for hydroxylation is 1. The van der Waals surface area contributed by atoms with E-state index in [4.69, 9.17) is 0 Å². The number of piperazine rings is 1. The molecule has 1 N–H and O–H groups in total. The molecule has 22 heavy (non-hydrogen) atoms. The van der Waals surface area contributed by atoms with Crippen molar-refractivity contribution in [3.8, 4) is 0 Å². The fourth-order valence-corrected chi connectivity index (χ4v) is 4.69. The Morgan fingerprint density at radius 3 is 2.50 bits per heavy atom. The van der Waals surface area contributed by atoms with Gasteiger partial charge in [0, 0.05) is 45.8 Å². The summed E-state index contributed by atoms with van der Waals surface area (Å²) >= 11 is 3.62. The van der Waals surface area contributed by atoms with Crippen LogP contribution in [0.4, 0.5) is 0 Å². The summed E-state index contributed by atoms with van der Waals surface area (Å²) in [4.78, 5) is 9.74. The van der Waals surface area contributed by atoms with E-state index < -0.39 is 0 Å². The molecule has 6 heteroatoms. The van der Waals surface area contributed by atoms with Gasteiger partial charge in [-0.2, -0.15) is 0 Å². The van der Waals surface area contributed by atoms with Gasteiger partial charge in [-0.25, -0.2) is 4.98 Å². The first-order valence-electron chi connectivity index (χ1n) is 8.50. The van der Waals surface area contributed by atoms with E-state index in [1.54, 1.807) is 0 Å². The Kier molecular flexibility index (Phi) is 5.55. The fourth-order valence-electron chi connectivity index (χ4n) is 4.06. The first-order chi connectivity index (χ1) is 10.7. The number of halogens is 1. The maximum atomic E-state index is 4.41. The van der Waals surface area contributed by atoms with Crippen LogP contribution in [0, 0.1) is 0 Å². The number of rotatable bonds is 5. The Morgan fingerprint density at radius 1 is 1.27 bits per heavy atom. The van der Waals surface area contributed by atoms with E-state index in [1.165, 1.54) is 44.5 Å². The minimum Gasteiger partial charge on any atom is -0.335 e. The molecule has 1 atom stereocenters. The van der Waals surface area contributed by atoms with Gasteiger partial charge < -0.3 is 9.88 Å². The summed E-state index contributed by atoms with van der Waals surface area (Å²) in [5.74, 6) is 0. The van der Waals surface area contributed by atoms with Crippen molar-refractivity contribution in [2.24, 2.45) is 7.05 Å². The molecule has 0 spiro atoms. The number of aromatic nitrogens is 2. The van der Waals surface area contributed by atoms with Crippen molar-refractivity contribution in [2.45, 2.75) is 37.8 Å². The second-order valence-electron chi connectivity index (χ2n) is 6.62. The van der Waals surface area contributed by atoms with Crippen LogP contribution in [0.3, 0.4) is 0 Å². The van der Waals surface area contributed by atoms with E-state index in [1.807, 2.05) is 13.4 Å². The lowest BCUT2D eigenvalue weighted by Crippen LogP contribution is -2.52. The molecule has 124 valence electrons. The number of likely N-dealkylation sites (N-methyl/N-ethyl adjacent to an activating group) is 1. The van der Waals surface area contributed by atoms with E-state index in [-0.39, 0.29) is 0 Å². The van der Waals surface area contributed by atoms with E-state index >= 15 is 0 Å². The summed E-state index contributed by atoms with van der Waals surface area (Å²) in [5, 5.41) is 3.36. The van der Waals surface area contributed by atoms with Crippen molar-refractivity contribution in [1.29, 1.82) is 0 Å². The molecular weight excluding hydrogens is 342 g/mol. The molecule has 1 saturated carbocycles. The maximum absolute atomic E-state index is 4.41. The Hall–Kier alpha value is -0.430. The summed E-state index contributed by atoms with van der Waals surface area (Å²) in [5.41, 5.74) is 1.28. The second-order valence-corrected chi connectivity index (χ2v) is 7.37. The highest BCUT2D eigenvalue weighted by Gasteiger charge is 2.31. The maximum Gasteiger partial charge on any atom is 0.128 e. The average molecular weight is 370 g/mol. The van der Waals surface area contributed by atoms with Gasteiger partial charge in [0.1, 0.15) is 4.60 Å². The van der Waals surface area contributed by atoms with Crippen LogP contribution in [-0.4, -0.2) is 65.2 Å². The molecule has 2 heterocycles. The van der Waals surface area contributed by atoms with E-state index in [9.17, 15) is 0 Å². The van der Waals surface area contributed by atoms with Gasteiger partial charge in [-0.15, -0.1) is 0 Å². The lowest BCUT2D eigenvalue weighted by molar-refractivity contribution is 0.0679. The minimum atomic E-state index is 0.387. The third kappa shape index (κ3) is 3.40. The number of nitrogens with one attached hydrogen (secondary N) is 1. The Morgan fingerprint density at radius 2 is 1.95 bits per heavy atom. The third-order valence-corrected chi connectivity index (χ3v) is 5.89. The summed E-state index contributed by atoms with van der Waals surface area (Å²) < 4.78 is 3.13. The highest BCUT2D eigenvalue weighted by molar-refractivity contribution is 9.10. The highest BCUT2D eigenvalue weighted by Crippen LogP contribution is 2.29. The van der Waals surface area contributed by atoms with Crippen molar-refractivity contribution >= 4 is 15.9 Å². The van der Waals surface area contributed by atoms with Gasteiger partial charge in [0.05, 0.1) is 18.1 Å². The molecule has 0 bridgehead atoms. The van der Waals surface area contributed by atoms with Gasteiger partial charge in [-0.05, 0) is 35.8 Å². The van der Waals surface area contributed by atoms with Crippen molar-refractivity contribution in [3.63, 3.8) is 0 Å². The van der Waals surface area contributed by atoms with Crippen LogP contribution in [0.1, 0.15) is 37.4 Å². The first kappa shape index (κ1) is 16.4. The van der Waals surface area contributed by atoms with Gasteiger partial charge in [0.25, 0.3) is 0 Å². The normalized spacial score (nSPS) is 23.2. The highest BCUT2D eigenvalue weighted by atomic mass is 79.9. The largest absolute Gasteiger partial charge is 0.335 e. The van der Waals surface area contributed by atoms with Crippen LogP contribution >= 0.6 is 15.9 Å². The third-order valence-electron chi connectivity index (χ3n) is 5.28. The average Bonchev–Trinajstić information content (AvgIpc) is 3.17. The quantitative estimate of drug-likeness (QED) is 0.860. The summed E-state index contributed by atoms with van der Waals surface area (Å²) in [7, 11) is 4.12. The SMILES string of the molecule is CNCC(c1c(Br)ncn1C)N1CCN(C2CCCC2)CC1. The first-order valence-corrected chi connectivity index (χ1v) is 9.29. The summed E-state index contributed by atoms with van der Waals surface area (Å²) in [6.07, 6.45) is 7.57. The van der Waals surface area contributed by atoms with E-state index in [2.05, 4.69) is 47.6 Å². The number of hydrogen-bond acceptors (Lipinski definition) is 4. The summed E-state index contributed by atoms with van der Waals surface area (Å²) in [6, 6.07) is 1.24. The molecule has 1 saturated heterocycles. The molecule has 1 aromatic heterocycles. The zero-order chi connectivity index (χ0) is 15.5. The van der Waals surface area contributed by atoms with Crippen LogP contribution < -0.4 is 5.32 Å². The molecule has 0 radical (unpaired) electrons. The zero-order valence-corrected chi connectivity index (χ0v) is 15.3. The van der Waals surface area contributed by atoms with Crippen LogP contribution in [0.15, 0.2) is 10.9 Å². The van der Waals surface area contributed by atoms with Crippen molar-refractivity contribution in [1.82, 2.24) is 24.7 Å². The van der Waals surface area contributed by atoms with Crippen LogP contribution in [0.5, 0.6) is 0 Å². The lowest BCUT2D eigenvalue weighted by atomic mass is 10.1. The molecule has 3 rings (SSSR count). The predicted molar refractivity (Wildman–Crippen MR) is 93.0 cm³/mol. The molecule has 1 aliphatic heterocycles. The van der Waals surface area contributed by atoms with Gasteiger partial charge in [0.15, 0.2) is 0 Å². The minimum absolute atomic E-state index is 0.387. The van der Waals surface area contributed by atoms with Gasteiger partial charge in [-0.3, -0.25) is 9.80 Å². The molecule has 5 nitrogen and oxygen atoms in total. The topological polar surface area (TPSA) is 36.3 Å². The van der Waals surface area contributed by atoms with Crippen LogP contribution in [0.2, 0.25) is 0 Å². The van der Waals surface area contributed by atoms with Crippen LogP contribution in [0.25, 0.3) is 0 Å². The molecule has 1 unspecified atom stereocenters. The molecule has 1 aliphatic carbocycles. The number of imidazole rings is 1. The number of nitrogens with zero attached hydrogens (tertiary/aromatic N) is 4. The summed E-state index contributed by atoms with van der Waals surface area (Å²) in [6.45, 7) is 5.68. The van der Waals surface area contributed by atoms with E-state index in [0.29, 0.717) is 6.04 Å². The van der Waals surface area contributed by atoms with Gasteiger partial charge >= 0.3 is 0 Å². The molecular formula is C16H28BrN5. The molecule has 2 aliphatic rings. The fraction of sp³-hybridized carbons (Fsp3) is 0.812. The smallest absolute Gasteiger partial charge is 0.128 e. The van der Waals surface area contributed by atoms with Gasteiger partial charge in [-0.1, -0.05) is 12.8 Å². The Balaban J connectivity index is 1.66. The van der Waals surface area contributed by atoms with Gasteiger partial charge in [0.2, 0.25) is 0 Å². The molecule has 0 amide bonds. The van der Waals surface area contributed by atoms with Crippen molar-refractivity contribution in [2.75, 3.05) is 39.8 Å².